The summed E-state index contributed by atoms with van der Waals surface area (Å²) in [5.41, 5.74) is 3.90. The largest absolute Gasteiger partial charge is 0.382 e. The van der Waals surface area contributed by atoms with Crippen molar-refractivity contribution in [2.24, 2.45) is 5.92 Å². The van der Waals surface area contributed by atoms with Crippen molar-refractivity contribution in [3.05, 3.63) is 23.8 Å². The molecule has 17 heavy (non-hydrogen) atoms. The molecular weight excluding hydrogens is 208 g/mol. The summed E-state index contributed by atoms with van der Waals surface area (Å²) in [6.07, 6.45) is 3.99. The highest BCUT2D eigenvalue weighted by atomic mass is 15.1. The molecule has 0 aromatic heterocycles. The Kier molecular flexibility index (Phi) is 3.60. The zero-order valence-corrected chi connectivity index (χ0v) is 11.5. The van der Waals surface area contributed by atoms with E-state index in [1.807, 2.05) is 0 Å². The van der Waals surface area contributed by atoms with Crippen LogP contribution in [0.4, 0.5) is 11.4 Å². The van der Waals surface area contributed by atoms with Crippen LogP contribution < -0.4 is 10.2 Å². The van der Waals surface area contributed by atoms with Gasteiger partial charge in [-0.15, -0.1) is 0 Å². The van der Waals surface area contributed by atoms with Crippen molar-refractivity contribution >= 4 is 11.4 Å². The first-order valence-electron chi connectivity index (χ1n) is 6.61. The Balaban J connectivity index is 2.08. The van der Waals surface area contributed by atoms with Gasteiger partial charge in [0.05, 0.1) is 0 Å². The minimum atomic E-state index is 0.669. The quantitative estimate of drug-likeness (QED) is 0.855. The van der Waals surface area contributed by atoms with Gasteiger partial charge in [-0.25, -0.2) is 0 Å². The van der Waals surface area contributed by atoms with Crippen LogP contribution in [-0.2, 0) is 0 Å². The lowest BCUT2D eigenvalue weighted by Crippen LogP contribution is -2.16. The number of hydrogen-bond acceptors (Lipinski definition) is 2. The van der Waals surface area contributed by atoms with Crippen molar-refractivity contribution in [1.29, 1.82) is 0 Å². The molecule has 0 spiro atoms. The van der Waals surface area contributed by atoms with E-state index in [4.69, 9.17) is 0 Å². The standard InChI is InChI=1S/C15H24N2/c1-11-5-7-13(9-11)16-14-8-6-12(2)15(10-14)17(3)4/h6,8,10-11,13,16H,5,7,9H2,1-4H3. The average Bonchev–Trinajstić information content (AvgIpc) is 2.66. The van der Waals surface area contributed by atoms with Crippen molar-refractivity contribution in [2.75, 3.05) is 24.3 Å². The molecule has 0 amide bonds. The fourth-order valence-corrected chi connectivity index (χ4v) is 2.75. The Hall–Kier alpha value is -1.18. The topological polar surface area (TPSA) is 15.3 Å². The van der Waals surface area contributed by atoms with Gasteiger partial charge in [-0.2, -0.15) is 0 Å². The molecule has 0 heterocycles. The molecule has 2 atom stereocenters. The van der Waals surface area contributed by atoms with Crippen LogP contribution in [0.3, 0.4) is 0 Å². The van der Waals surface area contributed by atoms with E-state index in [-0.39, 0.29) is 0 Å². The summed E-state index contributed by atoms with van der Waals surface area (Å²) in [4.78, 5) is 2.18. The summed E-state index contributed by atoms with van der Waals surface area (Å²) in [7, 11) is 4.20. The molecule has 1 fully saturated rings. The highest BCUT2D eigenvalue weighted by Crippen LogP contribution is 2.29. The Morgan fingerprint density at radius 1 is 1.24 bits per heavy atom. The lowest BCUT2D eigenvalue weighted by atomic mass is 10.1. The van der Waals surface area contributed by atoms with Crippen molar-refractivity contribution in [3.8, 4) is 0 Å². The van der Waals surface area contributed by atoms with Gasteiger partial charge in [0.25, 0.3) is 0 Å². The highest BCUT2D eigenvalue weighted by molar-refractivity contribution is 5.62. The highest BCUT2D eigenvalue weighted by Gasteiger charge is 2.20. The molecule has 2 heteroatoms. The molecule has 1 aromatic carbocycles. The second-order valence-electron chi connectivity index (χ2n) is 5.66. The molecule has 2 rings (SSSR count). The third-order valence-corrected chi connectivity index (χ3v) is 3.76. The fraction of sp³-hybridized carbons (Fsp3) is 0.600. The predicted molar refractivity (Wildman–Crippen MR) is 75.9 cm³/mol. The maximum atomic E-state index is 3.67. The van der Waals surface area contributed by atoms with Gasteiger partial charge in [0.1, 0.15) is 0 Å². The van der Waals surface area contributed by atoms with E-state index >= 15 is 0 Å². The van der Waals surface area contributed by atoms with Crippen LogP contribution in [0.5, 0.6) is 0 Å². The molecule has 0 bridgehead atoms. The molecule has 1 N–H and O–H groups in total. The predicted octanol–water partition coefficient (Wildman–Crippen LogP) is 3.66. The summed E-state index contributed by atoms with van der Waals surface area (Å²) in [6, 6.07) is 7.34. The number of nitrogens with zero attached hydrogens (tertiary/aromatic N) is 1. The van der Waals surface area contributed by atoms with Gasteiger partial charge in [0.15, 0.2) is 0 Å². The summed E-state index contributed by atoms with van der Waals surface area (Å²) in [6.45, 7) is 4.51. The molecular formula is C15H24N2. The van der Waals surface area contributed by atoms with Gasteiger partial charge in [-0.05, 0) is 49.8 Å². The van der Waals surface area contributed by atoms with Crippen LogP contribution in [0.25, 0.3) is 0 Å². The summed E-state index contributed by atoms with van der Waals surface area (Å²) in [5, 5.41) is 3.67. The van der Waals surface area contributed by atoms with Gasteiger partial charge in [-0.1, -0.05) is 13.0 Å². The van der Waals surface area contributed by atoms with Crippen LogP contribution in [0.1, 0.15) is 31.7 Å². The molecule has 0 saturated heterocycles. The van der Waals surface area contributed by atoms with Crippen molar-refractivity contribution in [1.82, 2.24) is 0 Å². The van der Waals surface area contributed by atoms with E-state index in [0.29, 0.717) is 6.04 Å². The third kappa shape index (κ3) is 2.93. The Morgan fingerprint density at radius 2 is 2.00 bits per heavy atom. The Bertz CT molecular complexity index is 385. The van der Waals surface area contributed by atoms with E-state index < -0.39 is 0 Å². The average molecular weight is 232 g/mol. The molecule has 2 unspecified atom stereocenters. The first kappa shape index (κ1) is 12.3. The van der Waals surface area contributed by atoms with Crippen molar-refractivity contribution < 1.29 is 0 Å². The molecule has 1 aromatic rings. The molecule has 1 aliphatic rings. The minimum absolute atomic E-state index is 0.669. The SMILES string of the molecule is Cc1ccc(NC2CCC(C)C2)cc1N(C)C. The number of aryl methyl sites for hydroxylation is 1. The summed E-state index contributed by atoms with van der Waals surface area (Å²) >= 11 is 0. The van der Waals surface area contributed by atoms with E-state index in [9.17, 15) is 0 Å². The second-order valence-corrected chi connectivity index (χ2v) is 5.66. The number of rotatable bonds is 3. The number of anilines is 2. The fourth-order valence-electron chi connectivity index (χ4n) is 2.75. The molecule has 0 radical (unpaired) electrons. The zero-order valence-electron chi connectivity index (χ0n) is 11.5. The van der Waals surface area contributed by atoms with Gasteiger partial charge in [0, 0.05) is 31.5 Å². The number of benzene rings is 1. The van der Waals surface area contributed by atoms with E-state index in [1.54, 1.807) is 0 Å². The van der Waals surface area contributed by atoms with Gasteiger partial charge >= 0.3 is 0 Å². The summed E-state index contributed by atoms with van der Waals surface area (Å²) < 4.78 is 0. The van der Waals surface area contributed by atoms with Crippen molar-refractivity contribution in [2.45, 2.75) is 39.2 Å². The van der Waals surface area contributed by atoms with E-state index in [2.05, 4.69) is 56.4 Å². The maximum absolute atomic E-state index is 3.67. The third-order valence-electron chi connectivity index (χ3n) is 3.76. The lowest BCUT2D eigenvalue weighted by Gasteiger charge is -2.19. The first-order chi connectivity index (χ1) is 8.06. The van der Waals surface area contributed by atoms with Crippen LogP contribution in [0.15, 0.2) is 18.2 Å². The van der Waals surface area contributed by atoms with Crippen LogP contribution in [0, 0.1) is 12.8 Å². The Morgan fingerprint density at radius 3 is 2.59 bits per heavy atom. The van der Waals surface area contributed by atoms with Gasteiger partial charge in [0.2, 0.25) is 0 Å². The van der Waals surface area contributed by atoms with E-state index in [0.717, 1.165) is 5.92 Å². The van der Waals surface area contributed by atoms with Gasteiger partial charge in [-0.3, -0.25) is 0 Å². The first-order valence-corrected chi connectivity index (χ1v) is 6.61. The van der Waals surface area contributed by atoms with E-state index in [1.165, 1.54) is 36.2 Å². The number of hydrogen-bond donors (Lipinski definition) is 1. The zero-order chi connectivity index (χ0) is 12.4. The van der Waals surface area contributed by atoms with Crippen LogP contribution in [0.2, 0.25) is 0 Å². The monoisotopic (exact) mass is 232 g/mol. The normalized spacial score (nSPS) is 23.8. The number of nitrogens with one attached hydrogen (secondary N) is 1. The molecule has 1 aliphatic carbocycles. The molecule has 1 saturated carbocycles. The van der Waals surface area contributed by atoms with Crippen molar-refractivity contribution in [3.63, 3.8) is 0 Å². The molecule has 94 valence electrons. The summed E-state index contributed by atoms with van der Waals surface area (Å²) in [5.74, 6) is 0.881. The Labute approximate surface area is 105 Å². The second kappa shape index (κ2) is 4.99. The smallest absolute Gasteiger partial charge is 0.0411 e. The maximum Gasteiger partial charge on any atom is 0.0411 e. The van der Waals surface area contributed by atoms with Gasteiger partial charge < -0.3 is 10.2 Å². The van der Waals surface area contributed by atoms with Crippen LogP contribution in [-0.4, -0.2) is 20.1 Å². The molecule has 0 aliphatic heterocycles. The van der Waals surface area contributed by atoms with Crippen LogP contribution >= 0.6 is 0 Å². The molecule has 2 nitrogen and oxygen atoms in total. The minimum Gasteiger partial charge on any atom is -0.382 e. The lowest BCUT2D eigenvalue weighted by molar-refractivity contribution is 0.602.